The van der Waals surface area contributed by atoms with Gasteiger partial charge in [0.05, 0.1) is 12.2 Å². The van der Waals surface area contributed by atoms with E-state index >= 15 is 0 Å². The lowest BCUT2D eigenvalue weighted by Crippen LogP contribution is -2.45. The third kappa shape index (κ3) is 1.95. The van der Waals surface area contributed by atoms with Gasteiger partial charge >= 0.3 is 6.03 Å². The number of amides is 2. The molecular formula is C10H16N4O2. The second-order valence-electron chi connectivity index (χ2n) is 4.31. The molecule has 0 aromatic carbocycles. The number of H-pyrrole nitrogens is 2. The molecule has 16 heavy (non-hydrogen) atoms. The molecule has 3 N–H and O–H groups in total. The van der Waals surface area contributed by atoms with E-state index in [1.807, 2.05) is 13.8 Å². The predicted octanol–water partition coefficient (Wildman–Crippen LogP) is 0.179. The summed E-state index contributed by atoms with van der Waals surface area (Å²) in [6.45, 7) is 4.90. The lowest BCUT2D eigenvalue weighted by molar-refractivity contribution is 0.189. The van der Waals surface area contributed by atoms with Crippen molar-refractivity contribution in [2.45, 2.75) is 32.9 Å². The lowest BCUT2D eigenvalue weighted by atomic mass is 10.1. The maximum atomic E-state index is 11.7. The first-order valence-corrected chi connectivity index (χ1v) is 5.41. The molecule has 88 valence electrons. The topological polar surface area (TPSA) is 81.0 Å². The monoisotopic (exact) mass is 224 g/mol. The van der Waals surface area contributed by atoms with Crippen LogP contribution in [0.5, 0.6) is 0 Å². The van der Waals surface area contributed by atoms with Crippen LogP contribution in [0.4, 0.5) is 4.79 Å². The molecule has 0 saturated heterocycles. The zero-order chi connectivity index (χ0) is 11.7. The Kier molecular flexibility index (Phi) is 2.72. The van der Waals surface area contributed by atoms with E-state index in [0.29, 0.717) is 19.5 Å². The van der Waals surface area contributed by atoms with Crippen LogP contribution in [0.2, 0.25) is 0 Å². The largest absolute Gasteiger partial charge is 0.336 e. The molecule has 1 aromatic rings. The summed E-state index contributed by atoms with van der Waals surface area (Å²) in [4.78, 5) is 24.8. The van der Waals surface area contributed by atoms with Crippen molar-refractivity contribution in [3.8, 4) is 0 Å². The number of nitrogens with one attached hydrogen (secondary N) is 3. The SMILES string of the molecule is CC(C)NC(=O)N1CCc2c([nH][nH]c2=O)C1. The Bertz CT molecular complexity index is 446. The van der Waals surface area contributed by atoms with Crippen molar-refractivity contribution < 1.29 is 4.79 Å². The van der Waals surface area contributed by atoms with Crippen molar-refractivity contribution in [3.05, 3.63) is 21.6 Å². The van der Waals surface area contributed by atoms with Gasteiger partial charge in [0.15, 0.2) is 0 Å². The highest BCUT2D eigenvalue weighted by Crippen LogP contribution is 2.12. The number of carbonyl (C=O) groups is 1. The molecule has 0 unspecified atom stereocenters. The molecule has 0 saturated carbocycles. The third-order valence-electron chi connectivity index (χ3n) is 2.65. The van der Waals surface area contributed by atoms with Crippen LogP contribution in [-0.4, -0.2) is 33.7 Å². The highest BCUT2D eigenvalue weighted by molar-refractivity contribution is 5.74. The Morgan fingerprint density at radius 2 is 2.19 bits per heavy atom. The quantitative estimate of drug-likeness (QED) is 0.636. The molecule has 2 rings (SSSR count). The molecule has 0 radical (unpaired) electrons. The molecule has 0 aliphatic carbocycles. The van der Waals surface area contributed by atoms with E-state index in [1.54, 1.807) is 4.90 Å². The molecule has 2 heterocycles. The van der Waals surface area contributed by atoms with Crippen LogP contribution in [0.3, 0.4) is 0 Å². The Balaban J connectivity index is 2.08. The number of aromatic nitrogens is 2. The summed E-state index contributed by atoms with van der Waals surface area (Å²) in [6.07, 6.45) is 0.611. The van der Waals surface area contributed by atoms with Crippen molar-refractivity contribution in [2.24, 2.45) is 0 Å². The molecule has 0 spiro atoms. The van der Waals surface area contributed by atoms with Crippen molar-refractivity contribution >= 4 is 6.03 Å². The lowest BCUT2D eigenvalue weighted by Gasteiger charge is -2.27. The summed E-state index contributed by atoms with van der Waals surface area (Å²) in [5.74, 6) is 0. The second kappa shape index (κ2) is 4.03. The number of hydrogen-bond acceptors (Lipinski definition) is 2. The average molecular weight is 224 g/mol. The number of carbonyl (C=O) groups excluding carboxylic acids is 1. The van der Waals surface area contributed by atoms with E-state index in [4.69, 9.17) is 0 Å². The van der Waals surface area contributed by atoms with Gasteiger partial charge in [0.2, 0.25) is 0 Å². The van der Waals surface area contributed by atoms with Gasteiger partial charge in [-0.1, -0.05) is 0 Å². The van der Waals surface area contributed by atoms with E-state index < -0.39 is 0 Å². The van der Waals surface area contributed by atoms with Gasteiger partial charge < -0.3 is 15.3 Å². The molecule has 6 heteroatoms. The molecular weight excluding hydrogens is 208 g/mol. The second-order valence-corrected chi connectivity index (χ2v) is 4.31. The highest BCUT2D eigenvalue weighted by atomic mass is 16.2. The van der Waals surface area contributed by atoms with Gasteiger partial charge in [-0.15, -0.1) is 0 Å². The fourth-order valence-electron chi connectivity index (χ4n) is 1.85. The van der Waals surface area contributed by atoms with E-state index in [-0.39, 0.29) is 17.6 Å². The molecule has 1 aromatic heterocycles. The van der Waals surface area contributed by atoms with Crippen molar-refractivity contribution in [3.63, 3.8) is 0 Å². The number of nitrogens with zero attached hydrogens (tertiary/aromatic N) is 1. The molecule has 2 amide bonds. The average Bonchev–Trinajstić information content (AvgIpc) is 2.59. The van der Waals surface area contributed by atoms with Gasteiger partial charge in [0.1, 0.15) is 0 Å². The van der Waals surface area contributed by atoms with E-state index in [9.17, 15) is 9.59 Å². The molecule has 0 bridgehead atoms. The minimum Gasteiger partial charge on any atom is -0.336 e. The minimum absolute atomic E-state index is 0.0704. The number of urea groups is 1. The number of fused-ring (bicyclic) bond motifs is 1. The van der Waals surface area contributed by atoms with E-state index in [2.05, 4.69) is 15.5 Å². The van der Waals surface area contributed by atoms with E-state index in [0.717, 1.165) is 11.3 Å². The number of aromatic amines is 2. The van der Waals surface area contributed by atoms with Crippen LogP contribution in [0.15, 0.2) is 4.79 Å². The Labute approximate surface area is 93.0 Å². The van der Waals surface area contributed by atoms with E-state index in [1.165, 1.54) is 0 Å². The standard InChI is InChI=1S/C10H16N4O2/c1-6(2)11-10(16)14-4-3-7-8(5-14)12-13-9(7)15/h6H,3-5H2,1-2H3,(H,11,16)(H2,12,13,15). The van der Waals surface area contributed by atoms with Gasteiger partial charge in [0, 0.05) is 18.2 Å². The predicted molar refractivity (Wildman–Crippen MR) is 59.2 cm³/mol. The first-order chi connectivity index (χ1) is 7.58. The fraction of sp³-hybridized carbons (Fsp3) is 0.600. The number of rotatable bonds is 1. The zero-order valence-corrected chi connectivity index (χ0v) is 9.46. The fourth-order valence-corrected chi connectivity index (χ4v) is 1.85. The highest BCUT2D eigenvalue weighted by Gasteiger charge is 2.23. The summed E-state index contributed by atoms with van der Waals surface area (Å²) >= 11 is 0. The van der Waals surface area contributed by atoms with Crippen LogP contribution in [0, 0.1) is 0 Å². The smallest absolute Gasteiger partial charge is 0.317 e. The van der Waals surface area contributed by atoms with Crippen LogP contribution >= 0.6 is 0 Å². The summed E-state index contributed by atoms with van der Waals surface area (Å²) in [5.41, 5.74) is 1.52. The Hall–Kier alpha value is -1.72. The van der Waals surface area contributed by atoms with Crippen molar-refractivity contribution in [1.82, 2.24) is 20.4 Å². The summed E-state index contributed by atoms with van der Waals surface area (Å²) in [5, 5.41) is 8.18. The van der Waals surface area contributed by atoms with Gasteiger partial charge in [0.25, 0.3) is 5.56 Å². The van der Waals surface area contributed by atoms with Crippen LogP contribution < -0.4 is 10.9 Å². The molecule has 1 aliphatic rings. The first-order valence-electron chi connectivity index (χ1n) is 5.41. The van der Waals surface area contributed by atoms with Gasteiger partial charge in [-0.05, 0) is 20.3 Å². The molecule has 1 aliphatic heterocycles. The van der Waals surface area contributed by atoms with Crippen molar-refractivity contribution in [1.29, 1.82) is 0 Å². The number of hydrogen-bond donors (Lipinski definition) is 3. The van der Waals surface area contributed by atoms with Crippen LogP contribution in [0.1, 0.15) is 25.1 Å². The van der Waals surface area contributed by atoms with Crippen LogP contribution in [0.25, 0.3) is 0 Å². The molecule has 0 atom stereocenters. The van der Waals surface area contributed by atoms with Crippen LogP contribution in [-0.2, 0) is 13.0 Å². The van der Waals surface area contributed by atoms with Gasteiger partial charge in [-0.3, -0.25) is 9.89 Å². The maximum Gasteiger partial charge on any atom is 0.317 e. The van der Waals surface area contributed by atoms with Gasteiger partial charge in [-0.2, -0.15) is 0 Å². The first kappa shape index (κ1) is 10.8. The molecule has 0 fully saturated rings. The summed E-state index contributed by atoms with van der Waals surface area (Å²) in [7, 11) is 0. The van der Waals surface area contributed by atoms with Crippen molar-refractivity contribution in [2.75, 3.05) is 6.54 Å². The normalized spacial score (nSPS) is 15.1. The Morgan fingerprint density at radius 3 is 2.88 bits per heavy atom. The van der Waals surface area contributed by atoms with Gasteiger partial charge in [-0.25, -0.2) is 4.79 Å². The summed E-state index contributed by atoms with van der Waals surface area (Å²) in [6, 6.07) is 0.0434. The Morgan fingerprint density at radius 1 is 1.44 bits per heavy atom. The molecule has 6 nitrogen and oxygen atoms in total. The third-order valence-corrected chi connectivity index (χ3v) is 2.65. The summed E-state index contributed by atoms with van der Waals surface area (Å²) < 4.78 is 0. The minimum atomic E-state index is -0.0808. The zero-order valence-electron chi connectivity index (χ0n) is 9.46. The maximum absolute atomic E-state index is 11.7.